The molecule has 78 heavy (non-hydrogen) atoms. The normalized spacial score (nSPS) is 11.8. The largest absolute Gasteiger partial charge is 0.309 e. The molecule has 0 atom stereocenters. The Balaban J connectivity index is 1.03. The highest BCUT2D eigenvalue weighted by molar-refractivity contribution is 6.24. The first kappa shape index (κ1) is 43.9. The van der Waals surface area contributed by atoms with E-state index in [9.17, 15) is 0 Å². The fraction of sp³-hybridized carbons (Fsp3) is 0. The summed E-state index contributed by atoms with van der Waals surface area (Å²) in [6, 6.07) is 98.6. The monoisotopic (exact) mass is 991 g/mol. The molecule has 362 valence electrons. The standard InChI is InChI=1S/C73H45N5/c1-4-18-46(19-5-1)53-34-37-59-61(41-53)63(73-75-71(49-22-6-2-7-23-49)74-72(76-73)55-36-38-66-62(43-55)58-30-16-17-31-65(58)77(66)56-27-8-3-9-28-56)45-60(54-33-32-47-20-10-11-24-50(47)40-54)70(59)78-67-39-35-48-21-14-15-29-57(48)69(67)64-42-51-25-12-13-26-52(51)44-68(64)78/h1-45H. The van der Waals surface area contributed by atoms with Gasteiger partial charge in [0.25, 0.3) is 0 Å². The van der Waals surface area contributed by atoms with E-state index in [0.717, 1.165) is 93.9 Å². The van der Waals surface area contributed by atoms with Gasteiger partial charge in [0.2, 0.25) is 0 Å². The lowest BCUT2D eigenvalue weighted by molar-refractivity contribution is 1.08. The summed E-state index contributed by atoms with van der Waals surface area (Å²) in [5.74, 6) is 1.79. The molecule has 0 radical (unpaired) electrons. The zero-order chi connectivity index (χ0) is 51.3. The van der Waals surface area contributed by atoms with Crippen molar-refractivity contribution in [2.24, 2.45) is 0 Å². The zero-order valence-corrected chi connectivity index (χ0v) is 42.2. The molecule has 0 spiro atoms. The first-order valence-corrected chi connectivity index (χ1v) is 26.6. The third-order valence-electron chi connectivity index (χ3n) is 15.9. The minimum atomic E-state index is 0.591. The van der Waals surface area contributed by atoms with Crippen molar-refractivity contribution in [1.82, 2.24) is 24.1 Å². The molecule has 0 aliphatic rings. The average molecular weight is 992 g/mol. The molecule has 0 aliphatic carbocycles. The first-order chi connectivity index (χ1) is 38.7. The molecule has 3 heterocycles. The smallest absolute Gasteiger partial charge is 0.164 e. The Bertz CT molecular complexity index is 5080. The lowest BCUT2D eigenvalue weighted by Crippen LogP contribution is -2.04. The molecule has 0 fully saturated rings. The van der Waals surface area contributed by atoms with E-state index in [2.05, 4.69) is 276 Å². The third-order valence-corrected chi connectivity index (χ3v) is 15.9. The van der Waals surface area contributed by atoms with Gasteiger partial charge in [-0.2, -0.15) is 0 Å². The minimum absolute atomic E-state index is 0.591. The van der Waals surface area contributed by atoms with Crippen molar-refractivity contribution in [3.63, 3.8) is 0 Å². The molecule has 3 aromatic heterocycles. The van der Waals surface area contributed by atoms with Crippen molar-refractivity contribution in [1.29, 1.82) is 0 Å². The van der Waals surface area contributed by atoms with Crippen LogP contribution in [0.15, 0.2) is 273 Å². The van der Waals surface area contributed by atoms with E-state index >= 15 is 0 Å². The summed E-state index contributed by atoms with van der Waals surface area (Å²) in [6.07, 6.45) is 0. The maximum absolute atomic E-state index is 5.61. The second-order valence-corrected chi connectivity index (χ2v) is 20.3. The second-order valence-electron chi connectivity index (χ2n) is 20.3. The van der Waals surface area contributed by atoms with E-state index in [1.165, 1.54) is 43.1 Å². The van der Waals surface area contributed by atoms with E-state index in [1.807, 2.05) is 6.07 Å². The summed E-state index contributed by atoms with van der Waals surface area (Å²) in [6.45, 7) is 0. The summed E-state index contributed by atoms with van der Waals surface area (Å²) in [5, 5.41) is 14.0. The topological polar surface area (TPSA) is 48.5 Å². The van der Waals surface area contributed by atoms with Gasteiger partial charge in [-0.3, -0.25) is 0 Å². The van der Waals surface area contributed by atoms with Gasteiger partial charge in [0.15, 0.2) is 17.5 Å². The van der Waals surface area contributed by atoms with E-state index < -0.39 is 0 Å². The van der Waals surface area contributed by atoms with E-state index in [0.29, 0.717) is 17.5 Å². The number of hydrogen-bond donors (Lipinski definition) is 0. The van der Waals surface area contributed by atoms with Gasteiger partial charge in [-0.15, -0.1) is 0 Å². The van der Waals surface area contributed by atoms with Crippen molar-refractivity contribution >= 4 is 86.7 Å². The predicted octanol–water partition coefficient (Wildman–Crippen LogP) is 19.0. The summed E-state index contributed by atoms with van der Waals surface area (Å²) >= 11 is 0. The summed E-state index contributed by atoms with van der Waals surface area (Å²) < 4.78 is 4.88. The van der Waals surface area contributed by atoms with Gasteiger partial charge in [-0.05, 0) is 127 Å². The number of aromatic nitrogens is 5. The number of hydrogen-bond acceptors (Lipinski definition) is 3. The quantitative estimate of drug-likeness (QED) is 0.160. The second kappa shape index (κ2) is 17.6. The summed E-state index contributed by atoms with van der Waals surface area (Å²) in [7, 11) is 0. The van der Waals surface area contributed by atoms with Crippen LogP contribution in [0.2, 0.25) is 0 Å². The number of para-hydroxylation sites is 2. The Morgan fingerprint density at radius 2 is 0.782 bits per heavy atom. The van der Waals surface area contributed by atoms with Crippen molar-refractivity contribution in [3.05, 3.63) is 273 Å². The Labute approximate surface area is 449 Å². The number of benzene rings is 13. The zero-order valence-electron chi connectivity index (χ0n) is 42.2. The lowest BCUT2D eigenvalue weighted by Gasteiger charge is -2.21. The van der Waals surface area contributed by atoms with Gasteiger partial charge < -0.3 is 9.13 Å². The van der Waals surface area contributed by atoms with Crippen molar-refractivity contribution < 1.29 is 0 Å². The number of nitrogens with zero attached hydrogens (tertiary/aromatic N) is 5. The van der Waals surface area contributed by atoms with Crippen LogP contribution in [-0.4, -0.2) is 24.1 Å². The average Bonchev–Trinajstić information content (AvgIpc) is 4.23. The summed E-state index contributed by atoms with van der Waals surface area (Å²) in [5.41, 5.74) is 13.9. The number of fused-ring (bicyclic) bond motifs is 11. The molecule has 16 aromatic rings. The predicted molar refractivity (Wildman–Crippen MR) is 326 cm³/mol. The van der Waals surface area contributed by atoms with Gasteiger partial charge >= 0.3 is 0 Å². The van der Waals surface area contributed by atoms with Crippen LogP contribution >= 0.6 is 0 Å². The Morgan fingerprint density at radius 3 is 1.56 bits per heavy atom. The van der Waals surface area contributed by atoms with E-state index in [4.69, 9.17) is 15.0 Å². The van der Waals surface area contributed by atoms with Gasteiger partial charge in [-0.25, -0.2) is 15.0 Å². The van der Waals surface area contributed by atoms with Crippen molar-refractivity contribution in [2.75, 3.05) is 0 Å². The maximum Gasteiger partial charge on any atom is 0.164 e. The molecule has 0 N–H and O–H groups in total. The van der Waals surface area contributed by atoms with Crippen LogP contribution < -0.4 is 0 Å². The molecule has 13 aromatic carbocycles. The Kier molecular flexibility index (Phi) is 9.87. The molecule has 5 heteroatoms. The maximum atomic E-state index is 5.61. The van der Waals surface area contributed by atoms with Crippen LogP contribution in [0.4, 0.5) is 0 Å². The fourth-order valence-electron chi connectivity index (χ4n) is 12.2. The Morgan fingerprint density at radius 1 is 0.231 bits per heavy atom. The molecule has 0 amide bonds. The van der Waals surface area contributed by atoms with Gasteiger partial charge in [0.1, 0.15) is 0 Å². The molecule has 0 saturated heterocycles. The van der Waals surface area contributed by atoms with Crippen LogP contribution in [-0.2, 0) is 0 Å². The molecule has 0 saturated carbocycles. The van der Waals surface area contributed by atoms with Gasteiger partial charge in [0.05, 0.1) is 27.8 Å². The van der Waals surface area contributed by atoms with Gasteiger partial charge in [-0.1, -0.05) is 200 Å². The molecule has 0 bridgehead atoms. The van der Waals surface area contributed by atoms with E-state index in [-0.39, 0.29) is 0 Å². The van der Waals surface area contributed by atoms with Crippen molar-refractivity contribution in [2.45, 2.75) is 0 Å². The molecular weight excluding hydrogens is 947 g/mol. The molecule has 5 nitrogen and oxygen atoms in total. The van der Waals surface area contributed by atoms with Gasteiger partial charge in [0, 0.05) is 54.9 Å². The third kappa shape index (κ3) is 6.99. The lowest BCUT2D eigenvalue weighted by atomic mass is 9.90. The highest BCUT2D eigenvalue weighted by Gasteiger charge is 2.25. The Hall–Kier alpha value is -10.5. The van der Waals surface area contributed by atoms with E-state index in [1.54, 1.807) is 0 Å². The van der Waals surface area contributed by atoms with Crippen LogP contribution in [0, 0.1) is 0 Å². The van der Waals surface area contributed by atoms with Crippen molar-refractivity contribution in [3.8, 4) is 67.8 Å². The molecule has 0 aliphatic heterocycles. The highest BCUT2D eigenvalue weighted by Crippen LogP contribution is 2.47. The molecular formula is C73H45N5. The van der Waals surface area contributed by atoms with Crippen LogP contribution in [0.5, 0.6) is 0 Å². The summed E-state index contributed by atoms with van der Waals surface area (Å²) in [4.78, 5) is 16.5. The van der Waals surface area contributed by atoms with Crippen LogP contribution in [0.3, 0.4) is 0 Å². The number of rotatable bonds is 7. The van der Waals surface area contributed by atoms with Crippen LogP contribution in [0.1, 0.15) is 0 Å². The fourth-order valence-corrected chi connectivity index (χ4v) is 12.2. The molecule has 0 unspecified atom stereocenters. The molecule has 16 rings (SSSR count). The van der Waals surface area contributed by atoms with Crippen LogP contribution in [0.25, 0.3) is 154 Å². The highest BCUT2D eigenvalue weighted by atomic mass is 15.0. The minimum Gasteiger partial charge on any atom is -0.309 e. The SMILES string of the molecule is c1ccc(-c2ccc3c(-n4c5cc6ccccc6cc5c5c6ccccc6ccc54)c(-c4ccc5ccccc5c4)cc(-c4nc(-c5ccccc5)nc(-c5ccc6c(c5)c5ccccc5n6-c5ccccc5)n4)c3c2)cc1. The first-order valence-electron chi connectivity index (χ1n) is 26.6.